The van der Waals surface area contributed by atoms with Crippen LogP contribution in [0, 0.1) is 11.3 Å². The Hall–Kier alpha value is -1.61. The molecule has 0 bridgehead atoms. The lowest BCUT2D eigenvalue weighted by molar-refractivity contribution is 0.0324. The second-order valence-corrected chi connectivity index (χ2v) is 6.32. The maximum Gasteiger partial charge on any atom is 0.162 e. The van der Waals surface area contributed by atoms with Gasteiger partial charge in [-0.25, -0.2) is 0 Å². The molecular weight excluding hydrogens is 306 g/mol. The van der Waals surface area contributed by atoms with E-state index in [1.807, 2.05) is 24.3 Å². The Kier molecular flexibility index (Phi) is 3.85. The molecule has 1 heterocycles. The number of rotatable bonds is 3. The van der Waals surface area contributed by atoms with Gasteiger partial charge in [0, 0.05) is 6.54 Å². The van der Waals surface area contributed by atoms with Gasteiger partial charge in [-0.3, -0.25) is 0 Å². The molecule has 1 unspecified atom stereocenters. The van der Waals surface area contributed by atoms with Crippen molar-refractivity contribution in [2.45, 2.75) is 24.9 Å². The minimum absolute atomic E-state index is 0.209. The number of aryl methyl sites for hydroxylation is 1. The minimum Gasteiger partial charge on any atom is -0.383 e. The summed E-state index contributed by atoms with van der Waals surface area (Å²) in [6.07, 6.45) is 2.64. The summed E-state index contributed by atoms with van der Waals surface area (Å²) < 4.78 is 3.96. The van der Waals surface area contributed by atoms with Gasteiger partial charge in [0.15, 0.2) is 5.15 Å². The molecule has 1 aliphatic rings. The fourth-order valence-electron chi connectivity index (χ4n) is 2.80. The zero-order chi connectivity index (χ0) is 14.9. The van der Waals surface area contributed by atoms with Gasteiger partial charge in [-0.1, -0.05) is 35.9 Å². The summed E-state index contributed by atoms with van der Waals surface area (Å²) in [4.78, 5) is 0. The molecule has 2 N–H and O–H groups in total. The predicted molar refractivity (Wildman–Crippen MR) is 83.6 cm³/mol. The summed E-state index contributed by atoms with van der Waals surface area (Å²) >= 11 is 7.00. The second kappa shape index (κ2) is 5.64. The Bertz CT molecular complexity index is 709. The number of hydrogen-bond acceptors (Lipinski definition) is 5. The maximum atomic E-state index is 11.0. The number of anilines is 1. The van der Waals surface area contributed by atoms with Crippen molar-refractivity contribution in [3.8, 4) is 6.07 Å². The summed E-state index contributed by atoms with van der Waals surface area (Å²) in [5.74, 6) is 0. The molecule has 0 fully saturated rings. The number of nitrogens with zero attached hydrogens (tertiary/aromatic N) is 2. The first-order valence-corrected chi connectivity index (χ1v) is 7.89. The molecule has 0 spiro atoms. The third kappa shape index (κ3) is 2.62. The van der Waals surface area contributed by atoms with Gasteiger partial charge in [-0.05, 0) is 41.9 Å². The van der Waals surface area contributed by atoms with E-state index in [9.17, 15) is 5.11 Å². The third-order valence-electron chi connectivity index (χ3n) is 3.86. The molecule has 1 atom stereocenters. The van der Waals surface area contributed by atoms with Crippen LogP contribution in [0.5, 0.6) is 0 Å². The van der Waals surface area contributed by atoms with Crippen molar-refractivity contribution < 1.29 is 5.11 Å². The first-order valence-electron chi connectivity index (χ1n) is 6.74. The summed E-state index contributed by atoms with van der Waals surface area (Å²) in [7, 11) is 0. The van der Waals surface area contributed by atoms with Gasteiger partial charge in [0.05, 0.1) is 0 Å². The summed E-state index contributed by atoms with van der Waals surface area (Å²) in [6.45, 7) is 0.344. The molecule has 0 amide bonds. The van der Waals surface area contributed by atoms with Gasteiger partial charge in [0.1, 0.15) is 22.2 Å². The minimum atomic E-state index is -0.919. The molecule has 1 aromatic heterocycles. The van der Waals surface area contributed by atoms with E-state index in [1.165, 1.54) is 5.56 Å². The Morgan fingerprint density at radius 1 is 1.48 bits per heavy atom. The summed E-state index contributed by atoms with van der Waals surface area (Å²) in [5, 5.41) is 24.0. The molecule has 0 saturated carbocycles. The average Bonchev–Trinajstić information content (AvgIpc) is 2.86. The number of nitriles is 1. The second-order valence-electron chi connectivity index (χ2n) is 5.19. The topological polar surface area (TPSA) is 68.9 Å². The quantitative estimate of drug-likeness (QED) is 0.910. The van der Waals surface area contributed by atoms with Crippen molar-refractivity contribution in [3.63, 3.8) is 0 Å². The lowest BCUT2D eigenvalue weighted by Gasteiger charge is -2.34. The zero-order valence-corrected chi connectivity index (χ0v) is 12.8. The van der Waals surface area contributed by atoms with E-state index in [0.29, 0.717) is 23.5 Å². The Balaban J connectivity index is 1.84. The van der Waals surface area contributed by atoms with Crippen LogP contribution in [0.15, 0.2) is 24.3 Å². The molecule has 21 heavy (non-hydrogen) atoms. The van der Waals surface area contributed by atoms with Crippen LogP contribution >= 0.6 is 23.1 Å². The number of halogens is 1. The highest BCUT2D eigenvalue weighted by Crippen LogP contribution is 2.36. The van der Waals surface area contributed by atoms with Crippen molar-refractivity contribution in [3.05, 3.63) is 46.1 Å². The lowest BCUT2D eigenvalue weighted by Crippen LogP contribution is -2.37. The molecule has 108 valence electrons. The van der Waals surface area contributed by atoms with E-state index in [1.54, 1.807) is 0 Å². The van der Waals surface area contributed by atoms with Crippen LogP contribution in [0.2, 0.25) is 5.15 Å². The van der Waals surface area contributed by atoms with Gasteiger partial charge in [0.2, 0.25) is 0 Å². The molecule has 2 aromatic rings. The van der Waals surface area contributed by atoms with Gasteiger partial charge in [-0.2, -0.15) is 9.64 Å². The standard InChI is InChI=1S/C15H14ClN3OS/c16-13-11(8-17)14(21-19-13)18-9-15(20)7-3-5-10-4-1-2-6-12(10)15/h1-2,4,6,18,20H,3,5,7,9H2. The predicted octanol–water partition coefficient (Wildman–Crippen LogP) is 3.30. The van der Waals surface area contributed by atoms with Crippen LogP contribution in [-0.2, 0) is 12.0 Å². The molecular formula is C15H14ClN3OS. The molecule has 6 heteroatoms. The van der Waals surface area contributed by atoms with Crippen molar-refractivity contribution in [2.75, 3.05) is 11.9 Å². The molecule has 1 aromatic carbocycles. The van der Waals surface area contributed by atoms with Crippen LogP contribution in [0.4, 0.5) is 5.00 Å². The van der Waals surface area contributed by atoms with Gasteiger partial charge >= 0.3 is 0 Å². The normalized spacial score (nSPS) is 20.6. The van der Waals surface area contributed by atoms with Crippen molar-refractivity contribution in [1.29, 1.82) is 5.26 Å². The van der Waals surface area contributed by atoms with Crippen LogP contribution in [0.1, 0.15) is 29.5 Å². The SMILES string of the molecule is N#Cc1c(Cl)nsc1NCC1(O)CCCc2ccccc21. The van der Waals surface area contributed by atoms with E-state index in [0.717, 1.165) is 29.9 Å². The van der Waals surface area contributed by atoms with Crippen LogP contribution in [0.3, 0.4) is 0 Å². The highest BCUT2D eigenvalue weighted by Gasteiger charge is 2.34. The van der Waals surface area contributed by atoms with Gasteiger partial charge in [-0.15, -0.1) is 0 Å². The monoisotopic (exact) mass is 319 g/mol. The fraction of sp³-hybridized carbons (Fsp3) is 0.333. The molecule has 1 aliphatic carbocycles. The van der Waals surface area contributed by atoms with E-state index >= 15 is 0 Å². The number of aliphatic hydroxyl groups is 1. The first kappa shape index (κ1) is 14.3. The summed E-state index contributed by atoms with van der Waals surface area (Å²) in [6, 6.07) is 10.0. The molecule has 0 saturated heterocycles. The highest BCUT2D eigenvalue weighted by atomic mass is 35.5. The molecule has 0 radical (unpaired) electrons. The number of hydrogen-bond donors (Lipinski definition) is 2. The van der Waals surface area contributed by atoms with E-state index in [2.05, 4.69) is 15.8 Å². The molecule has 4 nitrogen and oxygen atoms in total. The average molecular weight is 320 g/mol. The summed E-state index contributed by atoms with van der Waals surface area (Å²) in [5.41, 5.74) is 1.58. The number of nitrogens with one attached hydrogen (secondary N) is 1. The van der Waals surface area contributed by atoms with Crippen LogP contribution in [0.25, 0.3) is 0 Å². The first-order chi connectivity index (χ1) is 10.1. The van der Waals surface area contributed by atoms with Gasteiger partial charge in [0.25, 0.3) is 0 Å². The van der Waals surface area contributed by atoms with E-state index < -0.39 is 5.60 Å². The largest absolute Gasteiger partial charge is 0.383 e. The van der Waals surface area contributed by atoms with Crippen LogP contribution < -0.4 is 5.32 Å². The van der Waals surface area contributed by atoms with Crippen LogP contribution in [-0.4, -0.2) is 16.0 Å². The number of benzene rings is 1. The fourth-order valence-corrected chi connectivity index (χ4v) is 3.73. The maximum absolute atomic E-state index is 11.0. The Morgan fingerprint density at radius 2 is 2.29 bits per heavy atom. The third-order valence-corrected chi connectivity index (χ3v) is 5.04. The van der Waals surface area contributed by atoms with Crippen molar-refractivity contribution in [2.24, 2.45) is 0 Å². The highest BCUT2D eigenvalue weighted by molar-refractivity contribution is 7.10. The number of fused-ring (bicyclic) bond motifs is 1. The molecule has 0 aliphatic heterocycles. The van der Waals surface area contributed by atoms with Crippen molar-refractivity contribution >= 4 is 28.1 Å². The lowest BCUT2D eigenvalue weighted by atomic mass is 9.79. The molecule has 3 rings (SSSR count). The Labute approximate surface area is 132 Å². The van der Waals surface area contributed by atoms with E-state index in [-0.39, 0.29) is 5.15 Å². The zero-order valence-electron chi connectivity index (χ0n) is 11.3. The van der Waals surface area contributed by atoms with Crippen molar-refractivity contribution in [1.82, 2.24) is 4.37 Å². The Morgan fingerprint density at radius 3 is 3.10 bits per heavy atom. The number of aromatic nitrogens is 1. The smallest absolute Gasteiger partial charge is 0.162 e. The van der Waals surface area contributed by atoms with Gasteiger partial charge < -0.3 is 10.4 Å². The van der Waals surface area contributed by atoms with E-state index in [4.69, 9.17) is 16.9 Å².